The molecule has 0 unspecified atom stereocenters. The molecule has 0 atom stereocenters. The Hall–Kier alpha value is -4.79. The second-order valence-corrected chi connectivity index (χ2v) is 11.6. The number of para-hydroxylation sites is 1. The monoisotopic (exact) mass is 576 g/mol. The molecule has 2 aromatic heterocycles. The molecule has 0 N–H and O–H groups in total. The van der Waals surface area contributed by atoms with Gasteiger partial charge < -0.3 is 24.3 Å². The molecular weight excluding hydrogens is 546 g/mol. The summed E-state index contributed by atoms with van der Waals surface area (Å²) in [6.07, 6.45) is 4.89. The van der Waals surface area contributed by atoms with E-state index in [-0.39, 0.29) is 23.7 Å². The number of piperidine rings is 1. The van der Waals surface area contributed by atoms with Gasteiger partial charge in [-0.3, -0.25) is 14.6 Å². The number of carboxylic acids is 1. The van der Waals surface area contributed by atoms with Gasteiger partial charge in [-0.1, -0.05) is 12.1 Å². The number of ether oxygens (including phenoxy) is 2. The Bertz CT molecular complexity index is 1790. The molecule has 4 aromatic rings. The van der Waals surface area contributed by atoms with Gasteiger partial charge in [0, 0.05) is 54.7 Å². The molecule has 2 fully saturated rings. The van der Waals surface area contributed by atoms with Crippen LogP contribution in [0.3, 0.4) is 0 Å². The van der Waals surface area contributed by atoms with Gasteiger partial charge >= 0.3 is 0 Å². The number of hydrogen-bond donors (Lipinski definition) is 0. The maximum Gasteiger partial charge on any atom is 0.272 e. The van der Waals surface area contributed by atoms with Crippen molar-refractivity contribution in [3.05, 3.63) is 83.2 Å². The van der Waals surface area contributed by atoms with Crippen LogP contribution in [0.2, 0.25) is 0 Å². The van der Waals surface area contributed by atoms with E-state index in [0.29, 0.717) is 72.5 Å². The fraction of sp³-hybridized carbons (Fsp3) is 0.324. The highest BCUT2D eigenvalue weighted by Gasteiger charge is 2.44. The molecule has 9 nitrogen and oxygen atoms in total. The van der Waals surface area contributed by atoms with Crippen LogP contribution < -0.4 is 14.6 Å². The third kappa shape index (κ3) is 4.98. The number of fused-ring (bicyclic) bond motifs is 2. The van der Waals surface area contributed by atoms with Crippen LogP contribution in [0.25, 0.3) is 22.2 Å². The lowest BCUT2D eigenvalue weighted by atomic mass is 9.82. The zero-order valence-electron chi connectivity index (χ0n) is 23.8. The Kier molecular flexibility index (Phi) is 6.60. The van der Waals surface area contributed by atoms with E-state index in [4.69, 9.17) is 14.5 Å². The molecule has 2 aliphatic heterocycles. The molecule has 1 saturated carbocycles. The van der Waals surface area contributed by atoms with E-state index >= 15 is 0 Å². The van der Waals surface area contributed by atoms with Crippen LogP contribution in [-0.2, 0) is 0 Å². The Balaban J connectivity index is 1.10. The summed E-state index contributed by atoms with van der Waals surface area (Å²) < 4.78 is 12.4. The molecule has 218 valence electrons. The highest BCUT2D eigenvalue weighted by molar-refractivity contribution is 6.02. The van der Waals surface area contributed by atoms with Gasteiger partial charge in [-0.25, -0.2) is 4.98 Å². The largest absolute Gasteiger partial charge is 0.545 e. The van der Waals surface area contributed by atoms with Crippen LogP contribution in [0.1, 0.15) is 81.7 Å². The normalized spacial score (nSPS) is 17.4. The van der Waals surface area contributed by atoms with Crippen LogP contribution in [-0.4, -0.2) is 57.8 Å². The standard InChI is InChI=1S/C34H31N3O6/c1-2-42-30-18-27(36-31-23(20-6-7-20)4-3-5-24(30)31)32(39)37-14-11-34(12-15-37)19-28(38)25-16-21(8-9-29(25)43-34)26-17-22(33(40)41)10-13-35-26/h3-5,8-10,13,16-18,20H,2,6-7,11-12,14-15,19H2,1H3,(H,40,41)/p-1. The summed E-state index contributed by atoms with van der Waals surface area (Å²) in [6.45, 7) is 3.29. The second kappa shape index (κ2) is 10.5. The molecule has 9 heteroatoms. The van der Waals surface area contributed by atoms with Crippen molar-refractivity contribution in [3.63, 3.8) is 0 Å². The van der Waals surface area contributed by atoms with E-state index in [1.807, 2.05) is 19.1 Å². The third-order valence-corrected chi connectivity index (χ3v) is 8.71. The number of ketones is 1. The minimum absolute atomic E-state index is 0.0157. The van der Waals surface area contributed by atoms with Crippen molar-refractivity contribution >= 4 is 28.6 Å². The lowest BCUT2D eigenvalue weighted by Gasteiger charge is -2.44. The second-order valence-electron chi connectivity index (χ2n) is 11.6. The molecule has 1 amide bonds. The number of hydrogen-bond acceptors (Lipinski definition) is 8. The van der Waals surface area contributed by atoms with Gasteiger partial charge in [-0.15, -0.1) is 0 Å². The summed E-state index contributed by atoms with van der Waals surface area (Å²) in [6, 6.07) is 15.9. The van der Waals surface area contributed by atoms with Crippen molar-refractivity contribution in [2.75, 3.05) is 19.7 Å². The predicted octanol–water partition coefficient (Wildman–Crippen LogP) is 4.58. The maximum absolute atomic E-state index is 13.7. The van der Waals surface area contributed by atoms with E-state index in [1.54, 1.807) is 29.2 Å². The van der Waals surface area contributed by atoms with Gasteiger partial charge in [-0.05, 0) is 67.6 Å². The summed E-state index contributed by atoms with van der Waals surface area (Å²) in [4.78, 5) is 49.3. The lowest BCUT2D eigenvalue weighted by Crippen LogP contribution is -2.52. The van der Waals surface area contributed by atoms with Crippen molar-refractivity contribution in [1.82, 2.24) is 14.9 Å². The predicted molar refractivity (Wildman–Crippen MR) is 156 cm³/mol. The minimum atomic E-state index is -1.29. The fourth-order valence-electron chi connectivity index (χ4n) is 6.27. The van der Waals surface area contributed by atoms with Gasteiger partial charge in [0.2, 0.25) is 0 Å². The number of carbonyl (C=O) groups is 3. The molecule has 7 rings (SSSR count). The number of carbonyl (C=O) groups excluding carboxylic acids is 3. The van der Waals surface area contributed by atoms with Crippen molar-refractivity contribution in [2.45, 2.75) is 50.5 Å². The van der Waals surface area contributed by atoms with E-state index in [0.717, 1.165) is 23.7 Å². The number of carboxylic acid groups (broad SMARTS) is 1. The first-order chi connectivity index (χ1) is 20.8. The molecular formula is C34H30N3O6-. The molecule has 1 saturated heterocycles. The van der Waals surface area contributed by atoms with Crippen molar-refractivity contribution < 1.29 is 29.0 Å². The van der Waals surface area contributed by atoms with Crippen LogP contribution in [0.15, 0.2) is 60.8 Å². The van der Waals surface area contributed by atoms with Gasteiger partial charge in [0.05, 0.1) is 35.8 Å². The number of aromatic nitrogens is 2. The summed E-state index contributed by atoms with van der Waals surface area (Å²) in [5.41, 5.74) is 3.20. The molecule has 43 heavy (non-hydrogen) atoms. The van der Waals surface area contributed by atoms with Crippen LogP contribution >= 0.6 is 0 Å². The number of amides is 1. The fourth-order valence-corrected chi connectivity index (χ4v) is 6.27. The maximum atomic E-state index is 13.7. The number of aromatic carboxylic acids is 1. The molecule has 1 spiro atoms. The number of likely N-dealkylation sites (tertiary alicyclic amines) is 1. The summed E-state index contributed by atoms with van der Waals surface area (Å²) >= 11 is 0. The Morgan fingerprint density at radius 1 is 1.09 bits per heavy atom. The number of rotatable bonds is 6. The van der Waals surface area contributed by atoms with Crippen LogP contribution in [0.5, 0.6) is 11.5 Å². The Labute approximate surface area is 248 Å². The minimum Gasteiger partial charge on any atom is -0.545 e. The number of pyridine rings is 2. The van der Waals surface area contributed by atoms with E-state index in [1.165, 1.54) is 23.9 Å². The topological polar surface area (TPSA) is 122 Å². The Morgan fingerprint density at radius 3 is 2.65 bits per heavy atom. The van der Waals surface area contributed by atoms with Gasteiger partial charge in [0.25, 0.3) is 5.91 Å². The summed E-state index contributed by atoms with van der Waals surface area (Å²) in [5, 5.41) is 12.2. The smallest absolute Gasteiger partial charge is 0.272 e. The van der Waals surface area contributed by atoms with Crippen LogP contribution in [0, 0.1) is 0 Å². The van der Waals surface area contributed by atoms with Gasteiger partial charge in [-0.2, -0.15) is 0 Å². The number of nitrogens with zero attached hydrogens (tertiary/aromatic N) is 3. The average molecular weight is 577 g/mol. The summed E-state index contributed by atoms with van der Waals surface area (Å²) in [7, 11) is 0. The van der Waals surface area contributed by atoms with E-state index in [2.05, 4.69) is 11.1 Å². The van der Waals surface area contributed by atoms with Crippen molar-refractivity contribution in [2.24, 2.45) is 0 Å². The van der Waals surface area contributed by atoms with E-state index in [9.17, 15) is 19.5 Å². The third-order valence-electron chi connectivity index (χ3n) is 8.71. The molecule has 0 radical (unpaired) electrons. The zero-order chi connectivity index (χ0) is 29.7. The molecule has 0 bridgehead atoms. The number of Topliss-reactive ketones (excluding diaryl/α,β-unsaturated/α-hetero) is 1. The van der Waals surface area contributed by atoms with Gasteiger partial charge in [0.15, 0.2) is 5.78 Å². The molecule has 4 heterocycles. The zero-order valence-corrected chi connectivity index (χ0v) is 23.8. The lowest BCUT2D eigenvalue weighted by molar-refractivity contribution is -0.255. The SMILES string of the molecule is CCOc1cc(C(=O)N2CCC3(CC2)CC(=O)c2cc(-c4cc(C(=O)[O-])ccn4)ccc2O3)nc2c(C3CC3)cccc12. The first-order valence-electron chi connectivity index (χ1n) is 14.7. The number of benzene rings is 2. The average Bonchev–Trinajstić information content (AvgIpc) is 3.86. The molecule has 1 aliphatic carbocycles. The molecule has 2 aromatic carbocycles. The highest BCUT2D eigenvalue weighted by Crippen LogP contribution is 2.44. The Morgan fingerprint density at radius 2 is 1.91 bits per heavy atom. The van der Waals surface area contributed by atoms with Crippen LogP contribution in [0.4, 0.5) is 0 Å². The van der Waals surface area contributed by atoms with E-state index < -0.39 is 11.6 Å². The highest BCUT2D eigenvalue weighted by atomic mass is 16.5. The molecule has 3 aliphatic rings. The quantitative estimate of drug-likeness (QED) is 0.327. The first-order valence-corrected chi connectivity index (χ1v) is 14.7. The van der Waals surface area contributed by atoms with Crippen molar-refractivity contribution in [3.8, 4) is 22.8 Å². The van der Waals surface area contributed by atoms with Gasteiger partial charge in [0.1, 0.15) is 22.8 Å². The first kappa shape index (κ1) is 27.1. The van der Waals surface area contributed by atoms with Crippen molar-refractivity contribution in [1.29, 1.82) is 0 Å². The summed E-state index contributed by atoms with van der Waals surface area (Å²) in [5.74, 6) is 0.147.